The predicted octanol–water partition coefficient (Wildman–Crippen LogP) is 3.89. The fraction of sp³-hybridized carbons (Fsp3) is 0.269. The van der Waals surface area contributed by atoms with E-state index in [0.29, 0.717) is 11.4 Å². The molecule has 5 rings (SSSR count). The molecule has 0 saturated carbocycles. The van der Waals surface area contributed by atoms with Crippen LogP contribution in [0, 0.1) is 0 Å². The molecule has 8 heteroatoms. The Kier molecular flexibility index (Phi) is 6.53. The standard InChI is InChI=1S/C26H27N5O2S/c1-30-11-13-31(14-12-30)26(33)20-9-7-19(8-10-20)23-15-21-24(34-23)25(28-17-27-21)29-22(16-32)18-5-3-2-4-6-18/h2-10,15,17,22,32H,11-14,16H2,1H3,(H,27,28,29)/t22-/m1/s1. The molecule has 0 bridgehead atoms. The molecule has 1 fully saturated rings. The highest BCUT2D eigenvalue weighted by Gasteiger charge is 2.20. The lowest BCUT2D eigenvalue weighted by Crippen LogP contribution is -2.47. The first-order valence-electron chi connectivity index (χ1n) is 11.4. The van der Waals surface area contributed by atoms with Crippen LogP contribution in [0.2, 0.25) is 0 Å². The lowest BCUT2D eigenvalue weighted by atomic mass is 10.1. The number of nitrogens with zero attached hydrogens (tertiary/aromatic N) is 4. The third kappa shape index (κ3) is 4.65. The number of rotatable bonds is 6. The van der Waals surface area contributed by atoms with E-state index in [4.69, 9.17) is 0 Å². The highest BCUT2D eigenvalue weighted by atomic mass is 32.1. The van der Waals surface area contributed by atoms with Crippen LogP contribution in [0.5, 0.6) is 0 Å². The Morgan fingerprint density at radius 3 is 2.50 bits per heavy atom. The number of aromatic nitrogens is 2. The van der Waals surface area contributed by atoms with Gasteiger partial charge in [0.25, 0.3) is 5.91 Å². The number of carbonyl (C=O) groups excluding carboxylic acids is 1. The van der Waals surface area contributed by atoms with E-state index in [9.17, 15) is 9.90 Å². The summed E-state index contributed by atoms with van der Waals surface area (Å²) in [4.78, 5) is 27.0. The van der Waals surface area contributed by atoms with E-state index in [2.05, 4.69) is 27.2 Å². The van der Waals surface area contributed by atoms with E-state index in [-0.39, 0.29) is 18.6 Å². The first kappa shape index (κ1) is 22.5. The van der Waals surface area contributed by atoms with Crippen LogP contribution in [0.4, 0.5) is 5.82 Å². The van der Waals surface area contributed by atoms with Crippen LogP contribution in [0.1, 0.15) is 22.0 Å². The Hall–Kier alpha value is -3.33. The Bertz CT molecular complexity index is 1270. The van der Waals surface area contributed by atoms with Crippen molar-refractivity contribution in [3.05, 3.63) is 78.1 Å². The number of amides is 1. The Morgan fingerprint density at radius 1 is 1.06 bits per heavy atom. The highest BCUT2D eigenvalue weighted by Crippen LogP contribution is 2.36. The number of nitrogens with one attached hydrogen (secondary N) is 1. The number of fused-ring (bicyclic) bond motifs is 1. The summed E-state index contributed by atoms with van der Waals surface area (Å²) in [7, 11) is 2.08. The number of benzene rings is 2. The maximum atomic E-state index is 12.9. The molecule has 2 aromatic carbocycles. The van der Waals surface area contributed by atoms with Gasteiger partial charge in [0.2, 0.25) is 0 Å². The van der Waals surface area contributed by atoms with Crippen molar-refractivity contribution in [3.63, 3.8) is 0 Å². The molecule has 0 unspecified atom stereocenters. The fourth-order valence-electron chi connectivity index (χ4n) is 4.15. The van der Waals surface area contributed by atoms with Crippen LogP contribution in [-0.2, 0) is 0 Å². The van der Waals surface area contributed by atoms with Crippen LogP contribution >= 0.6 is 11.3 Å². The number of aliphatic hydroxyl groups excluding tert-OH is 1. The largest absolute Gasteiger partial charge is 0.394 e. The third-order valence-corrected chi connectivity index (χ3v) is 7.39. The van der Waals surface area contributed by atoms with Crippen LogP contribution in [0.15, 0.2) is 67.0 Å². The maximum Gasteiger partial charge on any atom is 0.253 e. The minimum absolute atomic E-state index is 0.0451. The van der Waals surface area contributed by atoms with Crippen LogP contribution in [0.3, 0.4) is 0 Å². The second-order valence-electron chi connectivity index (χ2n) is 8.51. The minimum Gasteiger partial charge on any atom is -0.394 e. The molecular weight excluding hydrogens is 446 g/mol. The van der Waals surface area contributed by atoms with E-state index in [1.54, 1.807) is 17.7 Å². The van der Waals surface area contributed by atoms with Gasteiger partial charge in [0, 0.05) is 36.6 Å². The molecule has 1 amide bonds. The van der Waals surface area contributed by atoms with Crippen LogP contribution < -0.4 is 5.32 Å². The maximum absolute atomic E-state index is 12.9. The zero-order chi connectivity index (χ0) is 23.5. The predicted molar refractivity (Wildman–Crippen MR) is 136 cm³/mol. The van der Waals surface area contributed by atoms with Gasteiger partial charge in [0.05, 0.1) is 22.9 Å². The van der Waals surface area contributed by atoms with Gasteiger partial charge in [-0.15, -0.1) is 11.3 Å². The quantitative estimate of drug-likeness (QED) is 0.442. The van der Waals surface area contributed by atoms with Crippen LogP contribution in [-0.4, -0.2) is 70.6 Å². The summed E-state index contributed by atoms with van der Waals surface area (Å²) in [5, 5.41) is 13.3. The molecule has 1 atom stereocenters. The van der Waals surface area contributed by atoms with Gasteiger partial charge in [-0.2, -0.15) is 0 Å². The molecule has 2 N–H and O–H groups in total. The van der Waals surface area contributed by atoms with Gasteiger partial charge < -0.3 is 20.2 Å². The Balaban J connectivity index is 1.37. The van der Waals surface area contributed by atoms with Crippen molar-refractivity contribution in [3.8, 4) is 10.4 Å². The zero-order valence-corrected chi connectivity index (χ0v) is 19.8. The molecular formula is C26H27N5O2S. The Labute approximate surface area is 202 Å². The third-order valence-electron chi connectivity index (χ3n) is 6.21. The zero-order valence-electron chi connectivity index (χ0n) is 19.0. The molecule has 1 aliphatic heterocycles. The summed E-state index contributed by atoms with van der Waals surface area (Å²) in [6.07, 6.45) is 1.54. The number of anilines is 1. The average molecular weight is 474 g/mol. The highest BCUT2D eigenvalue weighted by molar-refractivity contribution is 7.22. The number of aliphatic hydroxyl groups is 1. The molecule has 3 heterocycles. The van der Waals surface area contributed by atoms with Gasteiger partial charge in [-0.3, -0.25) is 4.79 Å². The molecule has 34 heavy (non-hydrogen) atoms. The van der Waals surface area contributed by atoms with Crippen molar-refractivity contribution >= 4 is 33.3 Å². The van der Waals surface area contributed by atoms with Gasteiger partial charge in [0.15, 0.2) is 0 Å². The number of thiophene rings is 1. The molecule has 7 nitrogen and oxygen atoms in total. The number of carbonyl (C=O) groups is 1. The van der Waals surface area contributed by atoms with Crippen molar-refractivity contribution in [2.24, 2.45) is 0 Å². The number of piperazine rings is 1. The average Bonchev–Trinajstić information content (AvgIpc) is 3.33. The minimum atomic E-state index is -0.260. The topological polar surface area (TPSA) is 81.6 Å². The molecule has 1 saturated heterocycles. The van der Waals surface area contributed by atoms with Crippen molar-refractivity contribution in [2.45, 2.75) is 6.04 Å². The molecule has 2 aromatic heterocycles. The summed E-state index contributed by atoms with van der Waals surface area (Å²) in [5.41, 5.74) is 3.59. The molecule has 4 aromatic rings. The summed E-state index contributed by atoms with van der Waals surface area (Å²) < 4.78 is 0.935. The van der Waals surface area contributed by atoms with E-state index < -0.39 is 0 Å². The fourth-order valence-corrected chi connectivity index (χ4v) is 5.22. The SMILES string of the molecule is CN1CCN(C(=O)c2ccc(-c3cc4ncnc(N[C@H](CO)c5ccccc5)c4s3)cc2)CC1. The summed E-state index contributed by atoms with van der Waals surface area (Å²) in [6.45, 7) is 3.30. The lowest BCUT2D eigenvalue weighted by molar-refractivity contribution is 0.0664. The Morgan fingerprint density at radius 2 is 1.79 bits per heavy atom. The van der Waals surface area contributed by atoms with Gasteiger partial charge in [-0.25, -0.2) is 9.97 Å². The van der Waals surface area contributed by atoms with Gasteiger partial charge in [-0.05, 0) is 36.4 Å². The smallest absolute Gasteiger partial charge is 0.253 e. The van der Waals surface area contributed by atoms with Gasteiger partial charge in [0.1, 0.15) is 12.1 Å². The second-order valence-corrected chi connectivity index (χ2v) is 9.56. The molecule has 0 radical (unpaired) electrons. The van der Waals surface area contributed by atoms with Crippen molar-refractivity contribution in [2.75, 3.05) is 45.2 Å². The van der Waals surface area contributed by atoms with Crippen molar-refractivity contribution < 1.29 is 9.90 Å². The molecule has 1 aliphatic rings. The van der Waals surface area contributed by atoms with Gasteiger partial charge >= 0.3 is 0 Å². The first-order valence-corrected chi connectivity index (χ1v) is 12.2. The second kappa shape index (κ2) is 9.89. The molecule has 0 spiro atoms. The summed E-state index contributed by atoms with van der Waals surface area (Å²) in [6, 6.07) is 19.4. The van der Waals surface area contributed by atoms with Gasteiger partial charge in [-0.1, -0.05) is 42.5 Å². The normalized spacial score (nSPS) is 15.4. The van der Waals surface area contributed by atoms with E-state index in [1.165, 1.54) is 0 Å². The number of hydrogen-bond acceptors (Lipinski definition) is 7. The molecule has 174 valence electrons. The number of likely N-dealkylation sites (N-methyl/N-ethyl adjacent to an activating group) is 1. The monoisotopic (exact) mass is 473 g/mol. The van der Waals surface area contributed by atoms with Crippen molar-refractivity contribution in [1.82, 2.24) is 19.8 Å². The van der Waals surface area contributed by atoms with E-state index >= 15 is 0 Å². The molecule has 0 aliphatic carbocycles. The summed E-state index contributed by atoms with van der Waals surface area (Å²) >= 11 is 1.60. The first-order chi connectivity index (χ1) is 16.6. The lowest BCUT2D eigenvalue weighted by Gasteiger charge is -2.32. The summed E-state index contributed by atoms with van der Waals surface area (Å²) in [5.74, 6) is 0.787. The van der Waals surface area contributed by atoms with Crippen molar-refractivity contribution in [1.29, 1.82) is 0 Å². The number of hydrogen-bond donors (Lipinski definition) is 2. The van der Waals surface area contributed by atoms with E-state index in [1.807, 2.05) is 65.6 Å². The van der Waals surface area contributed by atoms with E-state index in [0.717, 1.165) is 52.4 Å². The van der Waals surface area contributed by atoms with Crippen LogP contribution in [0.25, 0.3) is 20.7 Å².